The first kappa shape index (κ1) is 32.3. The standard InChI is InChI=1S/C24H38N4O8/c1-2-11-20(25-15-8-5-3-4-6-10-17-29)26-16-9-7-12-18(22(32)33)27-24(36)28-19(23(34)35)13-14-21(30)31/h11,17-19H,1,3-10,12-16H2,(H,25,26)(H,30,31)(H,32,33)(H,34,35)(H2,27,28,36). The number of carbonyl (C=O) groups is 5. The van der Waals surface area contributed by atoms with Gasteiger partial charge in [-0.05, 0) is 38.5 Å². The maximum absolute atomic E-state index is 12.0. The molecular weight excluding hydrogens is 472 g/mol. The van der Waals surface area contributed by atoms with Crippen LogP contribution < -0.4 is 16.0 Å². The van der Waals surface area contributed by atoms with Gasteiger partial charge >= 0.3 is 23.9 Å². The summed E-state index contributed by atoms with van der Waals surface area (Å²) >= 11 is 0. The Labute approximate surface area is 210 Å². The molecule has 0 heterocycles. The molecule has 2 amide bonds. The minimum absolute atomic E-state index is 0.116. The Balaban J connectivity index is 4.40. The van der Waals surface area contributed by atoms with E-state index in [2.05, 4.69) is 33.3 Å². The van der Waals surface area contributed by atoms with Crippen LogP contribution >= 0.6 is 0 Å². The lowest BCUT2D eigenvalue weighted by Gasteiger charge is -2.18. The SMILES string of the molecule is C=C=CC(=NCCCCCCCC=O)NCCCCC(NC(=O)NC(CCC(=O)O)C(=O)O)C(=O)O. The Morgan fingerprint density at radius 2 is 1.47 bits per heavy atom. The van der Waals surface area contributed by atoms with Gasteiger partial charge in [-0.2, -0.15) is 0 Å². The molecule has 0 bridgehead atoms. The smallest absolute Gasteiger partial charge is 0.326 e. The fourth-order valence-corrected chi connectivity index (χ4v) is 3.15. The topological polar surface area (TPSA) is 194 Å². The molecule has 0 spiro atoms. The Hall–Kier alpha value is -3.66. The summed E-state index contributed by atoms with van der Waals surface area (Å²) in [6, 6.07) is -3.67. The van der Waals surface area contributed by atoms with E-state index in [1.54, 1.807) is 6.08 Å². The predicted molar refractivity (Wildman–Crippen MR) is 133 cm³/mol. The molecular formula is C24H38N4O8. The van der Waals surface area contributed by atoms with Gasteiger partial charge in [0.05, 0.1) is 0 Å². The Morgan fingerprint density at radius 1 is 0.861 bits per heavy atom. The molecule has 0 aliphatic heterocycles. The summed E-state index contributed by atoms with van der Waals surface area (Å²) in [5, 5.41) is 34.6. The number of hydrogen-bond acceptors (Lipinski definition) is 6. The summed E-state index contributed by atoms with van der Waals surface area (Å²) in [6.07, 6.45) is 8.48. The largest absolute Gasteiger partial charge is 0.481 e. The number of rotatable bonds is 21. The van der Waals surface area contributed by atoms with Crippen LogP contribution in [0.2, 0.25) is 0 Å². The number of unbranched alkanes of at least 4 members (excludes halogenated alkanes) is 6. The van der Waals surface area contributed by atoms with Crippen molar-refractivity contribution in [1.82, 2.24) is 16.0 Å². The van der Waals surface area contributed by atoms with Crippen molar-refractivity contribution in [1.29, 1.82) is 0 Å². The average molecular weight is 511 g/mol. The third-order valence-corrected chi connectivity index (χ3v) is 5.08. The zero-order chi connectivity index (χ0) is 27.2. The number of amides is 2. The van der Waals surface area contributed by atoms with Crippen LogP contribution in [0, 0.1) is 0 Å². The van der Waals surface area contributed by atoms with Crippen LogP contribution in [0.1, 0.15) is 70.6 Å². The highest BCUT2D eigenvalue weighted by molar-refractivity contribution is 5.92. The van der Waals surface area contributed by atoms with E-state index in [0.717, 1.165) is 38.4 Å². The number of nitrogens with zero attached hydrogens (tertiary/aromatic N) is 1. The first-order valence-corrected chi connectivity index (χ1v) is 12.0. The molecule has 0 aliphatic carbocycles. The van der Waals surface area contributed by atoms with E-state index in [1.807, 2.05) is 0 Å². The molecule has 0 aromatic heterocycles. The maximum atomic E-state index is 12.0. The molecule has 0 fully saturated rings. The first-order chi connectivity index (χ1) is 17.2. The lowest BCUT2D eigenvalue weighted by atomic mass is 10.1. The number of hydrogen-bond donors (Lipinski definition) is 6. The van der Waals surface area contributed by atoms with Crippen LogP contribution in [0.3, 0.4) is 0 Å². The van der Waals surface area contributed by atoms with Crippen LogP contribution in [-0.4, -0.2) is 76.6 Å². The second-order valence-electron chi connectivity index (χ2n) is 8.09. The van der Waals surface area contributed by atoms with Gasteiger partial charge in [0.25, 0.3) is 0 Å². The third kappa shape index (κ3) is 17.8. The Bertz CT molecular complexity index is 793. The van der Waals surface area contributed by atoms with Crippen molar-refractivity contribution in [2.45, 2.75) is 82.7 Å². The fraction of sp³-hybridized carbons (Fsp3) is 0.625. The number of nitrogens with one attached hydrogen (secondary N) is 3. The quantitative estimate of drug-likeness (QED) is 0.0440. The Morgan fingerprint density at radius 3 is 2.06 bits per heavy atom. The summed E-state index contributed by atoms with van der Waals surface area (Å²) in [6.45, 7) is 4.69. The minimum Gasteiger partial charge on any atom is -0.481 e. The lowest BCUT2D eigenvalue weighted by Crippen LogP contribution is -2.51. The highest BCUT2D eigenvalue weighted by atomic mass is 16.4. The van der Waals surface area contributed by atoms with E-state index in [-0.39, 0.29) is 12.8 Å². The number of carboxylic acid groups (broad SMARTS) is 3. The molecule has 36 heavy (non-hydrogen) atoms. The molecule has 0 radical (unpaired) electrons. The molecule has 202 valence electrons. The van der Waals surface area contributed by atoms with Gasteiger partial charge in [0.2, 0.25) is 0 Å². The van der Waals surface area contributed by atoms with Crippen molar-refractivity contribution in [3.05, 3.63) is 18.4 Å². The van der Waals surface area contributed by atoms with Crippen molar-refractivity contribution in [2.75, 3.05) is 13.1 Å². The van der Waals surface area contributed by atoms with Gasteiger partial charge in [0.1, 0.15) is 24.2 Å². The number of urea groups is 1. The molecule has 12 heteroatoms. The number of aldehydes is 1. The van der Waals surface area contributed by atoms with Gasteiger partial charge in [-0.3, -0.25) is 9.79 Å². The van der Waals surface area contributed by atoms with Gasteiger partial charge in [-0.15, -0.1) is 5.73 Å². The van der Waals surface area contributed by atoms with Gasteiger partial charge < -0.3 is 36.1 Å². The summed E-state index contributed by atoms with van der Waals surface area (Å²) in [5.74, 6) is -3.26. The molecule has 0 aliphatic rings. The maximum Gasteiger partial charge on any atom is 0.326 e. The number of carbonyl (C=O) groups excluding carboxylic acids is 2. The van der Waals surface area contributed by atoms with Gasteiger partial charge in [-0.1, -0.05) is 25.8 Å². The highest BCUT2D eigenvalue weighted by Gasteiger charge is 2.24. The first-order valence-electron chi connectivity index (χ1n) is 12.0. The predicted octanol–water partition coefficient (Wildman–Crippen LogP) is 2.10. The number of aliphatic carboxylic acids is 3. The van der Waals surface area contributed by atoms with Gasteiger partial charge in [0.15, 0.2) is 0 Å². The van der Waals surface area contributed by atoms with Crippen LogP contribution in [0.4, 0.5) is 4.79 Å². The lowest BCUT2D eigenvalue weighted by molar-refractivity contribution is -0.140. The van der Waals surface area contributed by atoms with E-state index in [4.69, 9.17) is 10.2 Å². The van der Waals surface area contributed by atoms with Crippen LogP contribution in [0.5, 0.6) is 0 Å². The molecule has 2 unspecified atom stereocenters. The van der Waals surface area contributed by atoms with E-state index in [1.165, 1.54) is 0 Å². The van der Waals surface area contributed by atoms with E-state index < -0.39 is 42.4 Å². The highest BCUT2D eigenvalue weighted by Crippen LogP contribution is 2.05. The second kappa shape index (κ2) is 20.7. The number of aliphatic imine (C=N–C) groups is 1. The molecule has 0 aromatic rings. The average Bonchev–Trinajstić information content (AvgIpc) is 2.81. The summed E-state index contributed by atoms with van der Waals surface area (Å²) < 4.78 is 0. The molecule has 0 aromatic carbocycles. The monoisotopic (exact) mass is 510 g/mol. The number of amidine groups is 1. The zero-order valence-corrected chi connectivity index (χ0v) is 20.5. The Kier molecular flexibility index (Phi) is 18.6. The molecule has 2 atom stereocenters. The molecule has 6 N–H and O–H groups in total. The van der Waals surface area contributed by atoms with Crippen molar-refractivity contribution >= 4 is 36.1 Å². The minimum atomic E-state index is -1.45. The summed E-state index contributed by atoms with van der Waals surface area (Å²) in [7, 11) is 0. The fourth-order valence-electron chi connectivity index (χ4n) is 3.15. The van der Waals surface area contributed by atoms with Crippen LogP contribution in [-0.2, 0) is 19.2 Å². The molecule has 0 rings (SSSR count). The van der Waals surface area contributed by atoms with Crippen LogP contribution in [0.15, 0.2) is 23.4 Å². The third-order valence-electron chi connectivity index (χ3n) is 5.08. The van der Waals surface area contributed by atoms with E-state index in [9.17, 15) is 29.1 Å². The molecule has 0 saturated carbocycles. The van der Waals surface area contributed by atoms with Crippen molar-refractivity contribution < 1.29 is 39.3 Å². The molecule has 0 saturated heterocycles. The zero-order valence-electron chi connectivity index (χ0n) is 20.5. The van der Waals surface area contributed by atoms with Crippen molar-refractivity contribution in [3.63, 3.8) is 0 Å². The second-order valence-corrected chi connectivity index (χ2v) is 8.09. The van der Waals surface area contributed by atoms with Crippen molar-refractivity contribution in [2.24, 2.45) is 4.99 Å². The summed E-state index contributed by atoms with van der Waals surface area (Å²) in [5.41, 5.74) is 2.67. The molecule has 12 nitrogen and oxygen atoms in total. The van der Waals surface area contributed by atoms with Gasteiger partial charge in [0, 0.05) is 32.0 Å². The van der Waals surface area contributed by atoms with Gasteiger partial charge in [-0.25, -0.2) is 14.4 Å². The normalized spacial score (nSPS) is 12.5. The summed E-state index contributed by atoms with van der Waals surface area (Å²) in [4.78, 5) is 60.0. The number of carboxylic acids is 3. The van der Waals surface area contributed by atoms with Crippen LogP contribution in [0.25, 0.3) is 0 Å². The van der Waals surface area contributed by atoms with Crippen molar-refractivity contribution in [3.8, 4) is 0 Å². The van der Waals surface area contributed by atoms with E-state index >= 15 is 0 Å². The van der Waals surface area contributed by atoms with E-state index in [0.29, 0.717) is 38.2 Å².